The van der Waals surface area contributed by atoms with E-state index in [1.165, 1.54) is 24.2 Å². The van der Waals surface area contributed by atoms with Crippen molar-refractivity contribution in [2.45, 2.75) is 26.3 Å². The van der Waals surface area contributed by atoms with Gasteiger partial charge in [0, 0.05) is 25.8 Å². The average Bonchev–Trinajstić information content (AvgIpc) is 3.41. The van der Waals surface area contributed by atoms with Gasteiger partial charge in [0.05, 0.1) is 10.6 Å². The van der Waals surface area contributed by atoms with Crippen molar-refractivity contribution in [2.75, 3.05) is 18.0 Å². The summed E-state index contributed by atoms with van der Waals surface area (Å²) in [5, 5.41) is 5.91. The van der Waals surface area contributed by atoms with Gasteiger partial charge in [0.15, 0.2) is 0 Å². The third-order valence-corrected chi connectivity index (χ3v) is 6.62. The molecule has 0 aliphatic carbocycles. The fourth-order valence-corrected chi connectivity index (χ4v) is 4.81. The highest BCUT2D eigenvalue weighted by Crippen LogP contribution is 2.31. The van der Waals surface area contributed by atoms with E-state index in [0.717, 1.165) is 40.0 Å². The predicted octanol–water partition coefficient (Wildman–Crippen LogP) is 4.11. The molecule has 0 bridgehead atoms. The van der Waals surface area contributed by atoms with Crippen molar-refractivity contribution in [3.8, 4) is 9.88 Å². The second-order valence-electron chi connectivity index (χ2n) is 6.31. The molecule has 4 heterocycles. The number of thiophene rings is 1. The van der Waals surface area contributed by atoms with Crippen molar-refractivity contribution in [2.24, 2.45) is 0 Å². The predicted molar refractivity (Wildman–Crippen MR) is 107 cm³/mol. The quantitative estimate of drug-likeness (QED) is 0.719. The molecule has 1 aliphatic rings. The maximum Gasteiger partial charge on any atom is 0.263 e. The van der Waals surface area contributed by atoms with Crippen LogP contribution in [0.15, 0.2) is 35.8 Å². The van der Waals surface area contributed by atoms with Gasteiger partial charge in [-0.05, 0) is 42.8 Å². The Balaban J connectivity index is 1.39. The number of nitrogens with zero attached hydrogens (tertiary/aromatic N) is 3. The number of rotatable bonds is 5. The number of hydrogen-bond donors (Lipinski definition) is 1. The zero-order valence-electron chi connectivity index (χ0n) is 14.6. The molecule has 0 radical (unpaired) electrons. The molecule has 0 aromatic carbocycles. The third-order valence-electron chi connectivity index (χ3n) is 4.43. The van der Waals surface area contributed by atoms with Gasteiger partial charge >= 0.3 is 0 Å². The smallest absolute Gasteiger partial charge is 0.263 e. The highest BCUT2D eigenvalue weighted by atomic mass is 32.1. The van der Waals surface area contributed by atoms with Crippen LogP contribution >= 0.6 is 22.7 Å². The molecule has 0 saturated carbocycles. The van der Waals surface area contributed by atoms with Crippen LogP contribution in [-0.2, 0) is 6.54 Å². The molecule has 0 unspecified atom stereocenters. The van der Waals surface area contributed by atoms with E-state index in [9.17, 15) is 4.79 Å². The normalized spacial score (nSPS) is 14.0. The van der Waals surface area contributed by atoms with Gasteiger partial charge in [0.2, 0.25) is 0 Å². The zero-order chi connectivity index (χ0) is 17.9. The number of hydrogen-bond acceptors (Lipinski definition) is 6. The molecular formula is C19H20N4OS2. The van der Waals surface area contributed by atoms with Gasteiger partial charge in [-0.25, -0.2) is 9.97 Å². The van der Waals surface area contributed by atoms with Gasteiger partial charge in [-0.1, -0.05) is 12.1 Å². The molecule has 1 aliphatic heterocycles. The first kappa shape index (κ1) is 17.2. The van der Waals surface area contributed by atoms with Crippen LogP contribution in [0, 0.1) is 6.92 Å². The van der Waals surface area contributed by atoms with Gasteiger partial charge in [0.1, 0.15) is 15.7 Å². The van der Waals surface area contributed by atoms with Crippen molar-refractivity contribution in [3.63, 3.8) is 0 Å². The van der Waals surface area contributed by atoms with Gasteiger partial charge in [-0.15, -0.1) is 22.7 Å². The van der Waals surface area contributed by atoms with Crippen molar-refractivity contribution in [1.29, 1.82) is 0 Å². The average molecular weight is 385 g/mol. The highest BCUT2D eigenvalue weighted by Gasteiger charge is 2.17. The minimum Gasteiger partial charge on any atom is -0.357 e. The lowest BCUT2D eigenvalue weighted by atomic mass is 10.2. The Morgan fingerprint density at radius 1 is 1.27 bits per heavy atom. The van der Waals surface area contributed by atoms with E-state index >= 15 is 0 Å². The Kier molecular flexibility index (Phi) is 4.99. The minimum absolute atomic E-state index is 0.0774. The Morgan fingerprint density at radius 2 is 2.12 bits per heavy atom. The number of anilines is 1. The standard InChI is InChI=1S/C19H20N4OS2/c1-13-17(26-19(22-13)15-5-4-10-25-15)18(24)21-12-14-6-7-16(20-11-14)23-8-2-3-9-23/h4-7,10-11H,2-3,8-9,12H2,1H3,(H,21,24). The summed E-state index contributed by atoms with van der Waals surface area (Å²) in [6.45, 7) is 4.52. The number of aryl methyl sites for hydroxylation is 1. The molecule has 134 valence electrons. The number of nitrogens with one attached hydrogen (secondary N) is 1. The van der Waals surface area contributed by atoms with Crippen LogP contribution in [0.5, 0.6) is 0 Å². The molecule has 1 N–H and O–H groups in total. The number of carbonyl (C=O) groups is 1. The molecule has 1 saturated heterocycles. The molecule has 0 spiro atoms. The van der Waals surface area contributed by atoms with E-state index in [4.69, 9.17) is 0 Å². The fraction of sp³-hybridized carbons (Fsp3) is 0.316. The molecule has 5 nitrogen and oxygen atoms in total. The minimum atomic E-state index is -0.0774. The SMILES string of the molecule is Cc1nc(-c2cccs2)sc1C(=O)NCc1ccc(N2CCCC2)nc1. The van der Waals surface area contributed by atoms with Crippen molar-refractivity contribution in [3.05, 3.63) is 52.0 Å². The van der Waals surface area contributed by atoms with Crippen molar-refractivity contribution >= 4 is 34.4 Å². The monoisotopic (exact) mass is 384 g/mol. The van der Waals surface area contributed by atoms with Crippen LogP contribution in [0.2, 0.25) is 0 Å². The van der Waals surface area contributed by atoms with Gasteiger partial charge in [0.25, 0.3) is 5.91 Å². The van der Waals surface area contributed by atoms with E-state index in [0.29, 0.717) is 11.4 Å². The van der Waals surface area contributed by atoms with Gasteiger partial charge in [-0.3, -0.25) is 4.79 Å². The summed E-state index contributed by atoms with van der Waals surface area (Å²) in [6, 6.07) is 8.10. The number of amides is 1. The Bertz CT molecular complexity index is 881. The Labute approximate surface area is 160 Å². The molecule has 4 rings (SSSR count). The van der Waals surface area contributed by atoms with Crippen molar-refractivity contribution < 1.29 is 4.79 Å². The van der Waals surface area contributed by atoms with E-state index in [1.807, 2.05) is 42.8 Å². The molecule has 1 amide bonds. The van der Waals surface area contributed by atoms with E-state index in [1.54, 1.807) is 11.3 Å². The molecule has 3 aromatic heterocycles. The fourth-order valence-electron chi connectivity index (χ4n) is 3.03. The lowest BCUT2D eigenvalue weighted by Gasteiger charge is -2.16. The largest absolute Gasteiger partial charge is 0.357 e. The summed E-state index contributed by atoms with van der Waals surface area (Å²) < 4.78 is 0. The number of thiazole rings is 1. The summed E-state index contributed by atoms with van der Waals surface area (Å²) in [6.07, 6.45) is 4.33. The van der Waals surface area contributed by atoms with Crippen LogP contribution in [0.3, 0.4) is 0 Å². The first-order valence-electron chi connectivity index (χ1n) is 8.70. The summed E-state index contributed by atoms with van der Waals surface area (Å²) >= 11 is 3.08. The molecule has 3 aromatic rings. The maximum absolute atomic E-state index is 12.5. The Morgan fingerprint density at radius 3 is 2.81 bits per heavy atom. The zero-order valence-corrected chi connectivity index (χ0v) is 16.2. The van der Waals surface area contributed by atoms with Crippen LogP contribution in [0.1, 0.15) is 33.8 Å². The summed E-state index contributed by atoms with van der Waals surface area (Å²) in [5.41, 5.74) is 1.78. The maximum atomic E-state index is 12.5. The highest BCUT2D eigenvalue weighted by molar-refractivity contribution is 7.22. The van der Waals surface area contributed by atoms with Crippen LogP contribution < -0.4 is 10.2 Å². The summed E-state index contributed by atoms with van der Waals surface area (Å²) in [4.78, 5) is 25.7. The molecule has 26 heavy (non-hydrogen) atoms. The summed E-state index contributed by atoms with van der Waals surface area (Å²) in [7, 11) is 0. The third kappa shape index (κ3) is 3.64. The first-order chi connectivity index (χ1) is 12.7. The van der Waals surface area contributed by atoms with E-state index < -0.39 is 0 Å². The lowest BCUT2D eigenvalue weighted by Crippen LogP contribution is -2.23. The number of pyridine rings is 1. The Hall–Kier alpha value is -2.25. The second kappa shape index (κ2) is 7.55. The van der Waals surface area contributed by atoms with Crippen LogP contribution in [0.4, 0.5) is 5.82 Å². The summed E-state index contributed by atoms with van der Waals surface area (Å²) in [5.74, 6) is 0.947. The topological polar surface area (TPSA) is 58.1 Å². The molecule has 7 heteroatoms. The lowest BCUT2D eigenvalue weighted by molar-refractivity contribution is 0.0954. The molecule has 1 fully saturated rings. The molecular weight excluding hydrogens is 364 g/mol. The van der Waals surface area contributed by atoms with E-state index in [-0.39, 0.29) is 5.91 Å². The van der Waals surface area contributed by atoms with Gasteiger partial charge in [-0.2, -0.15) is 0 Å². The number of carbonyl (C=O) groups excluding carboxylic acids is 1. The van der Waals surface area contributed by atoms with Crippen LogP contribution in [-0.4, -0.2) is 29.0 Å². The van der Waals surface area contributed by atoms with Crippen molar-refractivity contribution in [1.82, 2.24) is 15.3 Å². The second-order valence-corrected chi connectivity index (χ2v) is 8.26. The first-order valence-corrected chi connectivity index (χ1v) is 10.4. The molecule has 0 atom stereocenters. The van der Waals surface area contributed by atoms with Gasteiger partial charge < -0.3 is 10.2 Å². The van der Waals surface area contributed by atoms with Crippen LogP contribution in [0.25, 0.3) is 9.88 Å². The number of aromatic nitrogens is 2. The van der Waals surface area contributed by atoms with E-state index in [2.05, 4.69) is 20.2 Å².